The van der Waals surface area contributed by atoms with Gasteiger partial charge in [0.15, 0.2) is 0 Å². The number of carbonyl (C=O) groups is 1. The standard InChI is InChI=1S/C16H16FN3O/c17-13-7-14(18)12(16(19)21)6-15(13)20-8-10-5-9-3-1-2-4-11(9)10/h1-4,6-7,10,20H,5,8,18H2,(H2,19,21). The Hall–Kier alpha value is -2.56. The van der Waals surface area contributed by atoms with Crippen molar-refractivity contribution in [3.05, 3.63) is 58.9 Å². The van der Waals surface area contributed by atoms with Crippen LogP contribution in [0.4, 0.5) is 15.8 Å². The third-order valence-corrected chi connectivity index (χ3v) is 3.90. The highest BCUT2D eigenvalue weighted by atomic mass is 19.1. The Labute approximate surface area is 121 Å². The van der Waals surface area contributed by atoms with Crippen LogP contribution < -0.4 is 16.8 Å². The zero-order chi connectivity index (χ0) is 15.0. The van der Waals surface area contributed by atoms with Crippen molar-refractivity contribution in [3.8, 4) is 0 Å². The summed E-state index contributed by atoms with van der Waals surface area (Å²) in [5.41, 5.74) is 13.9. The monoisotopic (exact) mass is 285 g/mol. The van der Waals surface area contributed by atoms with E-state index in [0.717, 1.165) is 12.5 Å². The second kappa shape index (κ2) is 5.09. The molecule has 0 radical (unpaired) electrons. The van der Waals surface area contributed by atoms with Gasteiger partial charge in [0.2, 0.25) is 0 Å². The molecule has 0 saturated heterocycles. The van der Waals surface area contributed by atoms with E-state index in [0.29, 0.717) is 12.5 Å². The highest BCUT2D eigenvalue weighted by Crippen LogP contribution is 2.35. The van der Waals surface area contributed by atoms with Crippen molar-refractivity contribution in [2.45, 2.75) is 12.3 Å². The van der Waals surface area contributed by atoms with Crippen LogP contribution in [0.3, 0.4) is 0 Å². The summed E-state index contributed by atoms with van der Waals surface area (Å²) in [7, 11) is 0. The first-order chi connectivity index (χ1) is 10.1. The molecule has 0 spiro atoms. The summed E-state index contributed by atoms with van der Waals surface area (Å²) in [6.45, 7) is 0.607. The van der Waals surface area contributed by atoms with Gasteiger partial charge >= 0.3 is 0 Å². The number of carbonyl (C=O) groups excluding carboxylic acids is 1. The molecule has 4 nitrogen and oxygen atoms in total. The van der Waals surface area contributed by atoms with Gasteiger partial charge < -0.3 is 16.8 Å². The summed E-state index contributed by atoms with van der Waals surface area (Å²) in [5, 5.41) is 3.04. The lowest BCUT2D eigenvalue weighted by Crippen LogP contribution is -2.24. The van der Waals surface area contributed by atoms with Gasteiger partial charge in [-0.05, 0) is 29.7 Å². The van der Waals surface area contributed by atoms with Crippen molar-refractivity contribution in [2.75, 3.05) is 17.6 Å². The minimum absolute atomic E-state index is 0.0551. The normalized spacial score (nSPS) is 16.0. The molecule has 108 valence electrons. The van der Waals surface area contributed by atoms with Crippen LogP contribution in [0, 0.1) is 5.82 Å². The second-order valence-electron chi connectivity index (χ2n) is 5.26. The molecular weight excluding hydrogens is 269 g/mol. The lowest BCUT2D eigenvalue weighted by atomic mass is 9.77. The van der Waals surface area contributed by atoms with E-state index in [4.69, 9.17) is 11.5 Å². The molecule has 0 heterocycles. The van der Waals surface area contributed by atoms with Crippen LogP contribution in [0.15, 0.2) is 36.4 Å². The average Bonchev–Trinajstić information content (AvgIpc) is 2.41. The van der Waals surface area contributed by atoms with Crippen LogP contribution in [0.25, 0.3) is 0 Å². The zero-order valence-electron chi connectivity index (χ0n) is 11.4. The molecule has 1 unspecified atom stereocenters. The summed E-state index contributed by atoms with van der Waals surface area (Å²) in [4.78, 5) is 11.2. The first-order valence-corrected chi connectivity index (χ1v) is 6.76. The molecule has 1 aliphatic carbocycles. The van der Waals surface area contributed by atoms with Crippen molar-refractivity contribution < 1.29 is 9.18 Å². The molecule has 0 saturated carbocycles. The van der Waals surface area contributed by atoms with Gasteiger partial charge in [-0.25, -0.2) is 4.39 Å². The first-order valence-electron chi connectivity index (χ1n) is 6.76. The van der Waals surface area contributed by atoms with Crippen LogP contribution in [0.2, 0.25) is 0 Å². The van der Waals surface area contributed by atoms with E-state index in [1.165, 1.54) is 17.2 Å². The van der Waals surface area contributed by atoms with E-state index >= 15 is 0 Å². The van der Waals surface area contributed by atoms with Gasteiger partial charge in [0.1, 0.15) is 5.82 Å². The number of halogens is 1. The maximum Gasteiger partial charge on any atom is 0.250 e. The number of hydrogen-bond donors (Lipinski definition) is 3. The molecule has 0 fully saturated rings. The number of benzene rings is 2. The average molecular weight is 285 g/mol. The van der Waals surface area contributed by atoms with E-state index in [1.54, 1.807) is 0 Å². The van der Waals surface area contributed by atoms with Crippen molar-refractivity contribution in [2.24, 2.45) is 5.73 Å². The topological polar surface area (TPSA) is 81.1 Å². The maximum atomic E-state index is 13.9. The van der Waals surface area contributed by atoms with Crippen molar-refractivity contribution >= 4 is 17.3 Å². The Balaban J connectivity index is 1.75. The number of hydrogen-bond acceptors (Lipinski definition) is 3. The molecule has 1 atom stereocenters. The first kappa shape index (κ1) is 13.4. The smallest absolute Gasteiger partial charge is 0.250 e. The third-order valence-electron chi connectivity index (χ3n) is 3.90. The Morgan fingerprint density at radius 2 is 2.10 bits per heavy atom. The largest absolute Gasteiger partial charge is 0.398 e. The molecule has 5 N–H and O–H groups in total. The SMILES string of the molecule is NC(=O)c1cc(NCC2Cc3ccccc32)c(F)cc1N. The van der Waals surface area contributed by atoms with Gasteiger partial charge in [0, 0.05) is 18.2 Å². The molecule has 21 heavy (non-hydrogen) atoms. The van der Waals surface area contributed by atoms with Crippen LogP contribution in [-0.4, -0.2) is 12.5 Å². The lowest BCUT2D eigenvalue weighted by Gasteiger charge is -2.30. The fourth-order valence-corrected chi connectivity index (χ4v) is 2.72. The van der Waals surface area contributed by atoms with Crippen LogP contribution in [0.1, 0.15) is 27.4 Å². The fraction of sp³-hybridized carbons (Fsp3) is 0.188. The van der Waals surface area contributed by atoms with Gasteiger partial charge in [0.25, 0.3) is 5.91 Å². The van der Waals surface area contributed by atoms with E-state index in [9.17, 15) is 9.18 Å². The molecule has 3 rings (SSSR count). The maximum absolute atomic E-state index is 13.9. The molecule has 0 aliphatic heterocycles. The van der Waals surface area contributed by atoms with Gasteiger partial charge in [-0.2, -0.15) is 0 Å². The molecule has 0 bridgehead atoms. The zero-order valence-corrected chi connectivity index (χ0v) is 11.4. The second-order valence-corrected chi connectivity index (χ2v) is 5.26. The number of nitrogens with one attached hydrogen (secondary N) is 1. The number of fused-ring (bicyclic) bond motifs is 1. The highest BCUT2D eigenvalue weighted by Gasteiger charge is 2.25. The number of amides is 1. The molecule has 5 heteroatoms. The molecule has 2 aromatic carbocycles. The van der Waals surface area contributed by atoms with Crippen molar-refractivity contribution in [1.82, 2.24) is 0 Å². The highest BCUT2D eigenvalue weighted by molar-refractivity contribution is 5.99. The van der Waals surface area contributed by atoms with Crippen LogP contribution in [0.5, 0.6) is 0 Å². The lowest BCUT2D eigenvalue weighted by molar-refractivity contribution is 0.100. The Morgan fingerprint density at radius 1 is 1.33 bits per heavy atom. The van der Waals surface area contributed by atoms with Crippen molar-refractivity contribution in [1.29, 1.82) is 0 Å². The molecule has 2 aromatic rings. The molecule has 1 aliphatic rings. The van der Waals surface area contributed by atoms with E-state index in [2.05, 4.69) is 17.4 Å². The Morgan fingerprint density at radius 3 is 2.81 bits per heavy atom. The Kier molecular flexibility index (Phi) is 3.25. The summed E-state index contributed by atoms with van der Waals surface area (Å²) < 4.78 is 13.9. The van der Waals surface area contributed by atoms with Gasteiger partial charge in [-0.15, -0.1) is 0 Å². The number of rotatable bonds is 4. The van der Waals surface area contributed by atoms with Crippen LogP contribution >= 0.6 is 0 Å². The predicted molar refractivity (Wildman–Crippen MR) is 80.7 cm³/mol. The molecule has 1 amide bonds. The van der Waals surface area contributed by atoms with E-state index in [-0.39, 0.29) is 16.9 Å². The van der Waals surface area contributed by atoms with Crippen molar-refractivity contribution in [3.63, 3.8) is 0 Å². The van der Waals surface area contributed by atoms with Gasteiger partial charge in [-0.1, -0.05) is 24.3 Å². The number of nitrogens with two attached hydrogens (primary N) is 2. The van der Waals surface area contributed by atoms with E-state index < -0.39 is 11.7 Å². The quantitative estimate of drug-likeness (QED) is 0.754. The number of primary amides is 1. The Bertz CT molecular complexity index is 715. The number of nitrogen functional groups attached to an aromatic ring is 1. The van der Waals surface area contributed by atoms with Crippen LogP contribution in [-0.2, 0) is 6.42 Å². The molecule has 0 aromatic heterocycles. The fourth-order valence-electron chi connectivity index (χ4n) is 2.72. The van der Waals surface area contributed by atoms with Gasteiger partial charge in [0.05, 0.1) is 11.3 Å². The number of anilines is 2. The van der Waals surface area contributed by atoms with Gasteiger partial charge in [-0.3, -0.25) is 4.79 Å². The third kappa shape index (κ3) is 2.42. The van der Waals surface area contributed by atoms with E-state index in [1.807, 2.05) is 12.1 Å². The summed E-state index contributed by atoms with van der Waals surface area (Å²) in [5.74, 6) is -0.787. The summed E-state index contributed by atoms with van der Waals surface area (Å²) >= 11 is 0. The summed E-state index contributed by atoms with van der Waals surface area (Å²) in [6.07, 6.45) is 0.975. The minimum Gasteiger partial charge on any atom is -0.398 e. The predicted octanol–water partition coefficient (Wildman–Crippen LogP) is 2.26. The minimum atomic E-state index is -0.662. The summed E-state index contributed by atoms with van der Waals surface area (Å²) in [6, 6.07) is 10.7. The molecular formula is C16H16FN3O.